The van der Waals surface area contributed by atoms with Crippen molar-refractivity contribution < 1.29 is 62.6 Å². The molecule has 0 bridgehead atoms. The molecule has 0 radical (unpaired) electrons. The predicted molar refractivity (Wildman–Crippen MR) is 128 cm³/mol. The number of aryl methyl sites for hydroxylation is 2. The zero-order valence-corrected chi connectivity index (χ0v) is 22.1. The van der Waals surface area contributed by atoms with Crippen LogP contribution in [0.3, 0.4) is 0 Å². The third-order valence-electron chi connectivity index (χ3n) is 4.24. The van der Waals surface area contributed by atoms with Crippen LogP contribution >= 0.6 is 11.8 Å². The fourth-order valence-corrected chi connectivity index (χ4v) is 5.01. The highest BCUT2D eigenvalue weighted by molar-refractivity contribution is 8.24. The van der Waals surface area contributed by atoms with Crippen molar-refractivity contribution in [1.29, 1.82) is 0 Å². The molecule has 18 heteroatoms. The maximum Gasteiger partial charge on any atom is 0.485 e. The van der Waals surface area contributed by atoms with Crippen LogP contribution in [0.25, 0.3) is 0 Å². The smallest absolute Gasteiger partial charge is 0.485 e. The average molecular weight is 628 g/mol. The van der Waals surface area contributed by atoms with Gasteiger partial charge < -0.3 is 9.11 Å². The molecule has 38 heavy (non-hydrogen) atoms. The number of hydrogen-bond donors (Lipinski definition) is 2. The lowest BCUT2D eigenvalue weighted by atomic mass is 10.0. The van der Waals surface area contributed by atoms with Gasteiger partial charge in [0, 0.05) is 12.2 Å². The lowest BCUT2D eigenvalue weighted by Gasteiger charge is -2.08. The molecule has 2 aromatic carbocycles. The molecule has 0 aromatic heterocycles. The van der Waals surface area contributed by atoms with Crippen LogP contribution in [0.1, 0.15) is 16.7 Å². The fraction of sp³-hybridized carbons (Fsp3) is 0.300. The Balaban J connectivity index is 0.000000374. The van der Waals surface area contributed by atoms with Crippen LogP contribution < -0.4 is 5.16 Å². The SMILES string of the molecule is O/[NH+]=C1\C(SCCc2ccccc2)=[S+]CCc2ccccc21.O=S(=O)([O-])C(F)(F)F.O=S(=O)([O-])C(F)(F)F. The number of alkyl halides is 6. The third-order valence-corrected chi connectivity index (χ3v) is 7.83. The summed E-state index contributed by atoms with van der Waals surface area (Å²) in [5.74, 6) is 2.07. The van der Waals surface area contributed by atoms with E-state index in [1.807, 2.05) is 35.2 Å². The van der Waals surface area contributed by atoms with Crippen molar-refractivity contribution in [2.45, 2.75) is 23.9 Å². The summed E-state index contributed by atoms with van der Waals surface area (Å²) in [4.78, 5) is 0. The number of hydrogen-bond acceptors (Lipinski definition) is 8. The van der Waals surface area contributed by atoms with Crippen molar-refractivity contribution >= 4 is 53.3 Å². The molecule has 3 rings (SSSR count). The zero-order chi connectivity index (χ0) is 29.2. The van der Waals surface area contributed by atoms with Gasteiger partial charge in [0.05, 0.1) is 5.56 Å². The first kappa shape index (κ1) is 33.8. The van der Waals surface area contributed by atoms with Crippen LogP contribution in [0.4, 0.5) is 26.3 Å². The Morgan fingerprint density at radius 2 is 1.34 bits per heavy atom. The van der Waals surface area contributed by atoms with Crippen molar-refractivity contribution in [3.63, 3.8) is 0 Å². The van der Waals surface area contributed by atoms with Crippen molar-refractivity contribution in [2.24, 2.45) is 0 Å². The van der Waals surface area contributed by atoms with Crippen LogP contribution in [0.2, 0.25) is 0 Å². The number of benzene rings is 2. The predicted octanol–water partition coefficient (Wildman–Crippen LogP) is 1.79. The maximum atomic E-state index is 10.7. The van der Waals surface area contributed by atoms with Crippen molar-refractivity contribution in [2.75, 3.05) is 11.5 Å². The van der Waals surface area contributed by atoms with E-state index < -0.39 is 31.3 Å². The van der Waals surface area contributed by atoms with Gasteiger partial charge in [-0.15, -0.1) is 0 Å². The minimum Gasteiger partial charge on any atom is -0.741 e. The molecule has 0 saturated carbocycles. The minimum atomic E-state index is -6.09. The monoisotopic (exact) mass is 627 g/mol. The van der Waals surface area contributed by atoms with Crippen LogP contribution in [0.5, 0.6) is 0 Å². The molecule has 0 saturated heterocycles. The second kappa shape index (κ2) is 14.2. The Hall–Kier alpha value is -2.25. The van der Waals surface area contributed by atoms with Crippen LogP contribution in [-0.2, 0) is 44.4 Å². The lowest BCUT2D eigenvalue weighted by molar-refractivity contribution is -0.735. The van der Waals surface area contributed by atoms with Gasteiger partial charge in [-0.1, -0.05) is 60.3 Å². The molecule has 2 N–H and O–H groups in total. The number of thioether (sulfide) groups is 1. The van der Waals surface area contributed by atoms with Gasteiger partial charge in [-0.2, -0.15) is 26.3 Å². The number of halogens is 6. The van der Waals surface area contributed by atoms with E-state index in [9.17, 15) is 31.5 Å². The summed E-state index contributed by atoms with van der Waals surface area (Å²) in [5.41, 5.74) is -6.66. The van der Waals surface area contributed by atoms with Crippen LogP contribution in [-0.4, -0.2) is 63.6 Å². The van der Waals surface area contributed by atoms with Gasteiger partial charge >= 0.3 is 20.9 Å². The van der Waals surface area contributed by atoms with E-state index in [4.69, 9.17) is 25.9 Å². The fourth-order valence-electron chi connectivity index (χ4n) is 2.54. The summed E-state index contributed by atoms with van der Waals surface area (Å²) >= 11 is 3.65. The number of fused-ring (bicyclic) bond motifs is 1. The molecule has 2 aromatic rings. The summed E-state index contributed by atoms with van der Waals surface area (Å²) < 4.78 is 119. The molecule has 0 unspecified atom stereocenters. The molecule has 1 heterocycles. The van der Waals surface area contributed by atoms with Crippen LogP contribution in [0, 0.1) is 0 Å². The number of rotatable bonds is 3. The maximum absolute atomic E-state index is 10.7. The minimum absolute atomic E-state index is 0.858. The largest absolute Gasteiger partial charge is 0.741 e. The van der Waals surface area contributed by atoms with Gasteiger partial charge in [0.15, 0.2) is 37.3 Å². The highest BCUT2D eigenvalue weighted by Gasteiger charge is 2.37. The van der Waals surface area contributed by atoms with E-state index in [1.54, 1.807) is 0 Å². The highest BCUT2D eigenvalue weighted by Crippen LogP contribution is 2.21. The summed E-state index contributed by atoms with van der Waals surface area (Å²) in [7, 11) is -12.2. The average Bonchev–Trinajstić information content (AvgIpc) is 2.97. The van der Waals surface area contributed by atoms with E-state index >= 15 is 0 Å². The molecule has 0 fully saturated rings. The lowest BCUT2D eigenvalue weighted by Crippen LogP contribution is -2.71. The Kier molecular flexibility index (Phi) is 12.6. The van der Waals surface area contributed by atoms with Crippen molar-refractivity contribution in [1.82, 2.24) is 0 Å². The first-order valence-corrected chi connectivity index (χ1v) is 14.7. The number of nitrogens with one attached hydrogen (secondary N) is 1. The van der Waals surface area contributed by atoms with Gasteiger partial charge in [-0.3, -0.25) is 5.21 Å². The molecule has 1 aliphatic rings. The van der Waals surface area contributed by atoms with Crippen molar-refractivity contribution in [3.8, 4) is 0 Å². The topological polar surface area (TPSA) is 149 Å². The second-order valence-corrected chi connectivity index (χ2v) is 12.1. The molecular weight excluding hydrogens is 608 g/mol. The van der Waals surface area contributed by atoms with Crippen LogP contribution in [0.15, 0.2) is 54.6 Å². The van der Waals surface area contributed by atoms with E-state index in [-0.39, 0.29) is 0 Å². The molecule has 212 valence electrons. The quantitative estimate of drug-likeness (QED) is 0.0996. The van der Waals surface area contributed by atoms with E-state index in [2.05, 4.69) is 47.6 Å². The molecule has 0 aliphatic carbocycles. The van der Waals surface area contributed by atoms with Gasteiger partial charge in [0.2, 0.25) is 0 Å². The Morgan fingerprint density at radius 3 is 1.82 bits per heavy atom. The van der Waals surface area contributed by atoms with Gasteiger partial charge in [0.25, 0.3) is 0 Å². The highest BCUT2D eigenvalue weighted by atomic mass is 32.2. The molecule has 0 atom stereocenters. The van der Waals surface area contributed by atoms with E-state index in [0.29, 0.717) is 0 Å². The summed E-state index contributed by atoms with van der Waals surface area (Å²) in [6.07, 6.45) is 2.07. The van der Waals surface area contributed by atoms with E-state index in [1.165, 1.54) is 15.3 Å². The van der Waals surface area contributed by atoms with Gasteiger partial charge in [-0.05, 0) is 28.8 Å². The molecule has 0 spiro atoms. The first-order valence-electron chi connectivity index (χ1n) is 9.95. The first-order chi connectivity index (χ1) is 17.4. The summed E-state index contributed by atoms with van der Waals surface area (Å²) in [6, 6.07) is 18.8. The molecule has 1 aliphatic heterocycles. The third kappa shape index (κ3) is 11.2. The van der Waals surface area contributed by atoms with Gasteiger partial charge in [0.1, 0.15) is 0 Å². The van der Waals surface area contributed by atoms with Crippen molar-refractivity contribution in [3.05, 3.63) is 71.3 Å². The summed E-state index contributed by atoms with van der Waals surface area (Å²) in [5, 5.41) is 12.1. The standard InChI is InChI=1S/C18H17NOS2.2CHF3O3S/c20-19-17-16-9-5-4-8-15(16)11-13-22-18(17)21-12-10-14-6-2-1-3-7-14;2*2-1(3,4)8(5,6)7/h1-9H,10-13H2;2*(H,5,6,7)/b19-17-;;. The molecular formula is C20H19F6NO7S4. The van der Waals surface area contributed by atoms with E-state index in [0.717, 1.165) is 35.6 Å². The summed E-state index contributed by atoms with van der Waals surface area (Å²) in [6.45, 7) is 0. The normalized spacial score (nSPS) is 15.2. The Morgan fingerprint density at radius 1 is 0.868 bits per heavy atom. The Labute approximate surface area is 222 Å². The molecule has 0 amide bonds. The second-order valence-electron chi connectivity index (χ2n) is 6.91. The Bertz CT molecular complexity index is 1290. The zero-order valence-electron chi connectivity index (χ0n) is 18.8. The van der Waals surface area contributed by atoms with Gasteiger partial charge in [-0.25, -0.2) is 16.8 Å². The molecule has 8 nitrogen and oxygen atoms in total.